The number of nitro benzene ring substituents is 1. The number of hydrogen-bond acceptors (Lipinski definition) is 4. The van der Waals surface area contributed by atoms with Crippen molar-refractivity contribution < 1.29 is 9.66 Å². The molecule has 20 heavy (non-hydrogen) atoms. The SMILES string of the molecule is COCCC(C)(C)CNC(C)c1ccc([N+](=O)[O-])cc1. The average Bonchev–Trinajstić information content (AvgIpc) is 2.43. The van der Waals surface area contributed by atoms with Gasteiger partial charge in [-0.25, -0.2) is 0 Å². The van der Waals surface area contributed by atoms with Crippen molar-refractivity contribution in [2.45, 2.75) is 33.2 Å². The number of non-ortho nitro benzene ring substituents is 1. The molecule has 1 atom stereocenters. The molecule has 0 aliphatic carbocycles. The van der Waals surface area contributed by atoms with Crippen LogP contribution in [0.3, 0.4) is 0 Å². The van der Waals surface area contributed by atoms with E-state index in [1.807, 2.05) is 0 Å². The summed E-state index contributed by atoms with van der Waals surface area (Å²) in [7, 11) is 1.71. The molecular weight excluding hydrogens is 256 g/mol. The molecule has 0 aliphatic rings. The zero-order valence-corrected chi connectivity index (χ0v) is 12.7. The predicted octanol–water partition coefficient (Wildman–Crippen LogP) is 3.31. The van der Waals surface area contributed by atoms with Crippen LogP contribution >= 0.6 is 0 Å². The van der Waals surface area contributed by atoms with Gasteiger partial charge in [0.15, 0.2) is 0 Å². The van der Waals surface area contributed by atoms with E-state index in [1.165, 1.54) is 0 Å². The maximum Gasteiger partial charge on any atom is 0.269 e. The van der Waals surface area contributed by atoms with Crippen LogP contribution in [0.4, 0.5) is 5.69 Å². The second kappa shape index (κ2) is 7.36. The fourth-order valence-corrected chi connectivity index (χ4v) is 1.90. The summed E-state index contributed by atoms with van der Waals surface area (Å²) in [5.41, 5.74) is 1.34. The molecule has 1 aromatic rings. The van der Waals surface area contributed by atoms with Crippen LogP contribution in [-0.2, 0) is 4.74 Å². The molecule has 1 unspecified atom stereocenters. The lowest BCUT2D eigenvalue weighted by Crippen LogP contribution is -2.32. The largest absolute Gasteiger partial charge is 0.385 e. The van der Waals surface area contributed by atoms with E-state index in [0.717, 1.165) is 25.1 Å². The Labute approximate surface area is 120 Å². The molecule has 0 radical (unpaired) electrons. The van der Waals surface area contributed by atoms with E-state index in [2.05, 4.69) is 26.1 Å². The highest BCUT2D eigenvalue weighted by atomic mass is 16.6. The van der Waals surface area contributed by atoms with Crippen LogP contribution in [0.15, 0.2) is 24.3 Å². The van der Waals surface area contributed by atoms with Crippen molar-refractivity contribution in [3.8, 4) is 0 Å². The maximum atomic E-state index is 10.6. The number of nitro groups is 1. The monoisotopic (exact) mass is 280 g/mol. The van der Waals surface area contributed by atoms with E-state index in [9.17, 15) is 10.1 Å². The molecule has 0 bridgehead atoms. The van der Waals surface area contributed by atoms with Gasteiger partial charge in [0.05, 0.1) is 4.92 Å². The van der Waals surface area contributed by atoms with Crippen LogP contribution in [-0.4, -0.2) is 25.2 Å². The van der Waals surface area contributed by atoms with Crippen molar-refractivity contribution in [2.75, 3.05) is 20.3 Å². The first kappa shape index (κ1) is 16.6. The highest BCUT2D eigenvalue weighted by Crippen LogP contribution is 2.22. The van der Waals surface area contributed by atoms with Crippen LogP contribution in [0.2, 0.25) is 0 Å². The van der Waals surface area contributed by atoms with E-state index < -0.39 is 0 Å². The van der Waals surface area contributed by atoms with Crippen molar-refractivity contribution in [3.63, 3.8) is 0 Å². The number of rotatable bonds is 8. The van der Waals surface area contributed by atoms with E-state index in [0.29, 0.717) is 0 Å². The van der Waals surface area contributed by atoms with Gasteiger partial charge in [-0.3, -0.25) is 10.1 Å². The molecule has 1 rings (SSSR count). The van der Waals surface area contributed by atoms with Crippen LogP contribution in [0.5, 0.6) is 0 Å². The van der Waals surface area contributed by atoms with Crippen molar-refractivity contribution in [2.24, 2.45) is 5.41 Å². The molecule has 5 heteroatoms. The summed E-state index contributed by atoms with van der Waals surface area (Å²) in [5, 5.41) is 14.1. The number of ether oxygens (including phenoxy) is 1. The minimum Gasteiger partial charge on any atom is -0.385 e. The van der Waals surface area contributed by atoms with Crippen molar-refractivity contribution in [3.05, 3.63) is 39.9 Å². The number of benzene rings is 1. The summed E-state index contributed by atoms with van der Waals surface area (Å²) in [6, 6.07) is 6.86. The first-order chi connectivity index (χ1) is 9.35. The van der Waals surface area contributed by atoms with E-state index in [1.54, 1.807) is 31.4 Å². The van der Waals surface area contributed by atoms with Crippen LogP contribution in [0.25, 0.3) is 0 Å². The fourth-order valence-electron chi connectivity index (χ4n) is 1.90. The standard InChI is InChI=1S/C15H24N2O3/c1-12(16-11-15(2,3)9-10-20-4)13-5-7-14(8-6-13)17(18)19/h5-8,12,16H,9-11H2,1-4H3. The lowest BCUT2D eigenvalue weighted by atomic mass is 9.89. The van der Waals surface area contributed by atoms with Gasteiger partial charge in [-0.1, -0.05) is 26.0 Å². The fraction of sp³-hybridized carbons (Fsp3) is 0.600. The molecule has 0 saturated carbocycles. The second-order valence-electron chi connectivity index (χ2n) is 5.86. The van der Waals surface area contributed by atoms with Gasteiger partial charge in [-0.05, 0) is 24.3 Å². The minimum atomic E-state index is -0.379. The molecule has 0 aromatic heterocycles. The third kappa shape index (κ3) is 5.27. The molecule has 112 valence electrons. The Kier molecular flexibility index (Phi) is 6.10. The minimum absolute atomic E-state index is 0.126. The molecular formula is C15H24N2O3. The van der Waals surface area contributed by atoms with Crippen LogP contribution in [0.1, 0.15) is 38.8 Å². The number of nitrogens with zero attached hydrogens (tertiary/aromatic N) is 1. The van der Waals surface area contributed by atoms with Crippen molar-refractivity contribution >= 4 is 5.69 Å². The van der Waals surface area contributed by atoms with Gasteiger partial charge in [0.2, 0.25) is 0 Å². The molecule has 0 saturated heterocycles. The normalized spacial score (nSPS) is 13.2. The van der Waals surface area contributed by atoms with Gasteiger partial charge in [-0.2, -0.15) is 0 Å². The highest BCUT2D eigenvalue weighted by molar-refractivity contribution is 5.34. The highest BCUT2D eigenvalue weighted by Gasteiger charge is 2.18. The predicted molar refractivity (Wildman–Crippen MR) is 79.8 cm³/mol. The molecule has 1 aromatic carbocycles. The van der Waals surface area contributed by atoms with Crippen LogP contribution < -0.4 is 5.32 Å². The molecule has 5 nitrogen and oxygen atoms in total. The zero-order chi connectivity index (χ0) is 15.2. The lowest BCUT2D eigenvalue weighted by Gasteiger charge is -2.27. The summed E-state index contributed by atoms with van der Waals surface area (Å²) >= 11 is 0. The summed E-state index contributed by atoms with van der Waals surface area (Å²) in [5.74, 6) is 0. The molecule has 0 aliphatic heterocycles. The Morgan fingerprint density at radius 2 is 1.95 bits per heavy atom. The Bertz CT molecular complexity index is 429. The van der Waals surface area contributed by atoms with Gasteiger partial charge < -0.3 is 10.1 Å². The first-order valence-corrected chi connectivity index (χ1v) is 6.82. The Balaban J connectivity index is 2.54. The van der Waals surface area contributed by atoms with E-state index >= 15 is 0 Å². The van der Waals surface area contributed by atoms with E-state index in [4.69, 9.17) is 4.74 Å². The van der Waals surface area contributed by atoms with E-state index in [-0.39, 0.29) is 22.1 Å². The Morgan fingerprint density at radius 1 is 1.35 bits per heavy atom. The third-order valence-corrected chi connectivity index (χ3v) is 3.47. The number of nitrogens with one attached hydrogen (secondary N) is 1. The summed E-state index contributed by atoms with van der Waals surface area (Å²) in [4.78, 5) is 10.2. The zero-order valence-electron chi connectivity index (χ0n) is 12.7. The van der Waals surface area contributed by atoms with Gasteiger partial charge in [0.25, 0.3) is 5.69 Å². The molecule has 1 N–H and O–H groups in total. The second-order valence-corrected chi connectivity index (χ2v) is 5.86. The Hall–Kier alpha value is -1.46. The first-order valence-electron chi connectivity index (χ1n) is 6.82. The topological polar surface area (TPSA) is 64.4 Å². The van der Waals surface area contributed by atoms with Gasteiger partial charge in [0, 0.05) is 38.4 Å². The summed E-state index contributed by atoms with van der Waals surface area (Å²) < 4.78 is 5.11. The smallest absolute Gasteiger partial charge is 0.269 e. The number of methoxy groups -OCH3 is 1. The lowest BCUT2D eigenvalue weighted by molar-refractivity contribution is -0.384. The Morgan fingerprint density at radius 3 is 2.45 bits per heavy atom. The van der Waals surface area contributed by atoms with Crippen LogP contribution in [0, 0.1) is 15.5 Å². The third-order valence-electron chi connectivity index (χ3n) is 3.47. The maximum absolute atomic E-state index is 10.6. The molecule has 0 amide bonds. The van der Waals surface area contributed by atoms with Crippen molar-refractivity contribution in [1.29, 1.82) is 0 Å². The van der Waals surface area contributed by atoms with Crippen molar-refractivity contribution in [1.82, 2.24) is 5.32 Å². The number of hydrogen-bond donors (Lipinski definition) is 1. The quantitative estimate of drug-likeness (QED) is 0.586. The molecule has 0 fully saturated rings. The van der Waals surface area contributed by atoms with Gasteiger partial charge in [-0.15, -0.1) is 0 Å². The summed E-state index contributed by atoms with van der Waals surface area (Å²) in [6.07, 6.45) is 0.990. The summed E-state index contributed by atoms with van der Waals surface area (Å²) in [6.45, 7) is 8.08. The van der Waals surface area contributed by atoms with Gasteiger partial charge in [0.1, 0.15) is 0 Å². The molecule has 0 spiro atoms. The van der Waals surface area contributed by atoms with Gasteiger partial charge >= 0.3 is 0 Å². The average molecular weight is 280 g/mol. The molecule has 0 heterocycles.